The predicted molar refractivity (Wildman–Crippen MR) is 252 cm³/mol. The third kappa shape index (κ3) is 8.41. The Morgan fingerprint density at radius 2 is 1.70 bits per heavy atom. The zero-order valence-corrected chi connectivity index (χ0v) is 37.9. The topological polar surface area (TPSA) is 216 Å². The van der Waals surface area contributed by atoms with Crippen LogP contribution in [0.5, 0.6) is 11.5 Å². The minimum Gasteiger partial charge on any atom is -0.457 e. The maximum Gasteiger partial charge on any atom is 0.410 e. The molecule has 3 aromatic carbocycles. The average molecular weight is 953 g/mol. The zero-order valence-electron chi connectivity index (χ0n) is 36.3. The fraction of sp³-hybridized carbons (Fsp3) is 0.283. The monoisotopic (exact) mass is 951 g/mol. The first-order chi connectivity index (χ1) is 32.1. The molecule has 0 saturated carbocycles. The summed E-state index contributed by atoms with van der Waals surface area (Å²) < 4.78 is 15.9. The molecule has 0 aliphatic carbocycles. The number of nitrogens with two attached hydrogens (primary N) is 1. The maximum absolute atomic E-state index is 13.8. The van der Waals surface area contributed by atoms with Crippen molar-refractivity contribution in [2.75, 3.05) is 61.8 Å². The number of para-hydroxylation sites is 1. The molecule has 2 aliphatic rings. The molecular formula is C46H46BrN15O4. The van der Waals surface area contributed by atoms with Gasteiger partial charge in [0, 0.05) is 50.4 Å². The number of aromatic nitrogens is 10. The molecule has 0 spiro atoms. The first-order valence-corrected chi connectivity index (χ1v) is 22.4. The number of aryl methyl sites for hydroxylation is 2. The Morgan fingerprint density at radius 1 is 0.924 bits per heavy atom. The Bertz CT molecular complexity index is 3090. The molecule has 2 aliphatic heterocycles. The van der Waals surface area contributed by atoms with Crippen LogP contribution in [0.25, 0.3) is 39.0 Å². The summed E-state index contributed by atoms with van der Waals surface area (Å²) in [6.45, 7) is 10.8. The highest BCUT2D eigenvalue weighted by Crippen LogP contribution is 2.35. The van der Waals surface area contributed by atoms with Gasteiger partial charge in [-0.25, -0.2) is 24.4 Å². The molecule has 66 heavy (non-hydrogen) atoms. The molecule has 5 aromatic heterocycles. The van der Waals surface area contributed by atoms with E-state index >= 15 is 0 Å². The van der Waals surface area contributed by atoms with Crippen LogP contribution in [0.2, 0.25) is 0 Å². The second-order valence-corrected chi connectivity index (χ2v) is 17.3. The molecule has 4 N–H and O–H groups in total. The molecule has 1 atom stereocenters. The van der Waals surface area contributed by atoms with Crippen molar-refractivity contribution >= 4 is 73.4 Å². The number of hydrogen-bond donors (Lipinski definition) is 3. The van der Waals surface area contributed by atoms with Crippen LogP contribution >= 0.6 is 15.9 Å². The van der Waals surface area contributed by atoms with E-state index in [0.29, 0.717) is 91.7 Å². The highest BCUT2D eigenvalue weighted by Gasteiger charge is 2.31. The molecule has 0 radical (unpaired) electrons. The largest absolute Gasteiger partial charge is 0.457 e. The zero-order chi connectivity index (χ0) is 45.5. The van der Waals surface area contributed by atoms with Gasteiger partial charge < -0.3 is 40.2 Å². The van der Waals surface area contributed by atoms with Gasteiger partial charge >= 0.3 is 6.09 Å². The molecule has 19 nitrogen and oxygen atoms in total. The number of nitrogens with zero attached hydrogens (tertiary/aromatic N) is 12. The lowest BCUT2D eigenvalue weighted by Gasteiger charge is -2.34. The van der Waals surface area contributed by atoms with Gasteiger partial charge in [0.1, 0.15) is 41.8 Å². The molecule has 336 valence electrons. The van der Waals surface area contributed by atoms with Crippen LogP contribution < -0.4 is 20.7 Å². The number of nitrogens with one attached hydrogen (secondary N) is 2. The lowest BCUT2D eigenvalue weighted by atomic mass is 10.0. The fourth-order valence-corrected chi connectivity index (χ4v) is 8.72. The van der Waals surface area contributed by atoms with Crippen LogP contribution in [0.15, 0.2) is 95.9 Å². The normalized spacial score (nSPS) is 15.4. The second kappa shape index (κ2) is 17.8. The van der Waals surface area contributed by atoms with Gasteiger partial charge in [0.05, 0.1) is 39.7 Å². The van der Waals surface area contributed by atoms with E-state index in [1.54, 1.807) is 20.5 Å². The van der Waals surface area contributed by atoms with E-state index in [0.717, 1.165) is 45.5 Å². The molecule has 2 amide bonds. The Balaban J connectivity index is 0.749. The summed E-state index contributed by atoms with van der Waals surface area (Å²) in [5.74, 6) is 3.19. The molecule has 0 unspecified atom stereocenters. The van der Waals surface area contributed by atoms with Crippen molar-refractivity contribution in [3.8, 4) is 22.8 Å². The van der Waals surface area contributed by atoms with Crippen molar-refractivity contribution in [1.29, 1.82) is 0 Å². The first kappa shape index (κ1) is 42.3. The van der Waals surface area contributed by atoms with Crippen molar-refractivity contribution in [2.45, 2.75) is 39.3 Å². The molecule has 7 heterocycles. The van der Waals surface area contributed by atoms with Crippen LogP contribution in [0.3, 0.4) is 0 Å². The molecule has 0 bridgehead atoms. The van der Waals surface area contributed by atoms with Crippen molar-refractivity contribution < 1.29 is 19.1 Å². The number of rotatable bonds is 11. The molecule has 2 fully saturated rings. The smallest absolute Gasteiger partial charge is 0.410 e. The van der Waals surface area contributed by atoms with Crippen molar-refractivity contribution in [3.05, 3.63) is 113 Å². The van der Waals surface area contributed by atoms with E-state index < -0.39 is 6.09 Å². The van der Waals surface area contributed by atoms with E-state index in [9.17, 15) is 9.59 Å². The van der Waals surface area contributed by atoms with Gasteiger partial charge in [-0.3, -0.25) is 4.79 Å². The lowest BCUT2D eigenvalue weighted by molar-refractivity contribution is -0.129. The van der Waals surface area contributed by atoms with Crippen LogP contribution in [0.1, 0.15) is 35.8 Å². The number of ether oxygens (including phenoxy) is 2. The summed E-state index contributed by atoms with van der Waals surface area (Å²) in [5.41, 5.74) is 13.5. The van der Waals surface area contributed by atoms with E-state index in [1.807, 2.05) is 64.2 Å². The summed E-state index contributed by atoms with van der Waals surface area (Å²) in [7, 11) is 0. The minimum absolute atomic E-state index is 0.180. The van der Waals surface area contributed by atoms with Crippen molar-refractivity contribution in [3.63, 3.8) is 0 Å². The average Bonchev–Trinajstić information content (AvgIpc) is 4.05. The number of imidazole rings is 1. The molecular weight excluding hydrogens is 907 g/mol. The Kier molecular flexibility index (Phi) is 11.4. The van der Waals surface area contributed by atoms with Crippen molar-refractivity contribution in [1.82, 2.24) is 59.1 Å². The summed E-state index contributed by atoms with van der Waals surface area (Å²) in [4.78, 5) is 59.1. The number of piperazine rings is 1. The van der Waals surface area contributed by atoms with Gasteiger partial charge in [0.2, 0.25) is 11.9 Å². The number of benzene rings is 3. The highest BCUT2D eigenvalue weighted by atomic mass is 79.9. The third-order valence-electron chi connectivity index (χ3n) is 12.0. The number of halogens is 1. The quantitative estimate of drug-likeness (QED) is 0.113. The highest BCUT2D eigenvalue weighted by molar-refractivity contribution is 9.10. The van der Waals surface area contributed by atoms with E-state index in [1.165, 1.54) is 17.5 Å². The van der Waals surface area contributed by atoms with Crippen LogP contribution in [-0.2, 0) is 16.1 Å². The number of piperidine rings is 1. The van der Waals surface area contributed by atoms with Gasteiger partial charge in [-0.15, -0.1) is 0 Å². The summed E-state index contributed by atoms with van der Waals surface area (Å²) in [5, 5.41) is 13.5. The molecule has 10 rings (SSSR count). The Hall–Kier alpha value is -7.61. The summed E-state index contributed by atoms with van der Waals surface area (Å²) in [6.07, 6.45) is 4.06. The lowest BCUT2D eigenvalue weighted by Crippen LogP contribution is -2.49. The number of aromatic amines is 1. The summed E-state index contributed by atoms with van der Waals surface area (Å²) in [6, 6.07) is 21.2. The number of amides is 2. The number of nitrogen functional groups attached to an aromatic ring is 1. The van der Waals surface area contributed by atoms with Crippen LogP contribution in [0, 0.1) is 13.8 Å². The van der Waals surface area contributed by atoms with Gasteiger partial charge in [-0.2, -0.15) is 24.7 Å². The maximum atomic E-state index is 13.8. The van der Waals surface area contributed by atoms with Crippen LogP contribution in [-0.4, -0.2) is 117 Å². The second-order valence-electron chi connectivity index (χ2n) is 16.4. The summed E-state index contributed by atoms with van der Waals surface area (Å²) >= 11 is 3.57. The first-order valence-electron chi connectivity index (χ1n) is 21.6. The third-order valence-corrected chi connectivity index (χ3v) is 12.6. The van der Waals surface area contributed by atoms with Gasteiger partial charge in [0.25, 0.3) is 5.91 Å². The SMILES string of the molecule is C=C(COC(=O)N1CCN(c2nc(NCc3nc4cc(C)c(C)cc4[nH]3)n3ncc(Br)c3n2)CC1)C(=O)N1CCC[C@@H](n2nc(-c3ccc(Oc4ccccc4)cc3)c3c(N)ncnc32)C1. The molecule has 8 aromatic rings. The number of H-pyrrole nitrogens is 1. The van der Waals surface area contributed by atoms with E-state index in [4.69, 9.17) is 35.3 Å². The predicted octanol–water partition coefficient (Wildman–Crippen LogP) is 6.85. The number of likely N-dealkylation sites (tertiary alicyclic amines) is 1. The van der Waals surface area contributed by atoms with Crippen molar-refractivity contribution in [2.24, 2.45) is 0 Å². The van der Waals surface area contributed by atoms with Gasteiger partial charge in [0.15, 0.2) is 11.3 Å². The molecule has 20 heteroatoms. The number of carbonyl (C=O) groups excluding carboxylic acids is 2. The number of anilines is 3. The number of carbonyl (C=O) groups is 2. The minimum atomic E-state index is -0.527. The van der Waals surface area contributed by atoms with Crippen LogP contribution in [0.4, 0.5) is 22.5 Å². The van der Waals surface area contributed by atoms with Gasteiger partial charge in [-0.05, 0) is 102 Å². The molecule has 2 saturated heterocycles. The van der Waals surface area contributed by atoms with Gasteiger partial charge in [-0.1, -0.05) is 24.8 Å². The van der Waals surface area contributed by atoms with E-state index in [2.05, 4.69) is 73.9 Å². The standard InChI is InChI=1S/C46H46BrN15O4/c1-27-20-35-36(21-28(27)2)54-37(53-35)23-49-44-56-45(55-41-34(47)22-52-62(41)44)58-16-18-59(19-17-58)46(64)65-25-29(3)43(63)60-15-7-8-31(24-60)61-42-38(40(48)50-26-51-42)39(57-61)30-11-13-33(14-12-30)66-32-9-5-4-6-10-32/h4-6,9-14,20-22,26,31H,3,7-8,15-19,23-25H2,1-2H3,(H,53,54)(H2,48,50,51)(H,49,55,56)/t31-/m1/s1. The Labute approximate surface area is 386 Å². The fourth-order valence-electron chi connectivity index (χ4n) is 8.38. The number of fused-ring (bicyclic) bond motifs is 3. The number of hydrogen-bond acceptors (Lipinski definition) is 14. The van der Waals surface area contributed by atoms with E-state index in [-0.39, 0.29) is 24.1 Å². The Morgan fingerprint density at radius 3 is 2.50 bits per heavy atom.